The molecule has 11 nitrogen and oxygen atoms in total. The summed E-state index contributed by atoms with van der Waals surface area (Å²) in [7, 11) is 0. The minimum absolute atomic E-state index is 0.265. The van der Waals surface area contributed by atoms with Crippen LogP contribution in [0.5, 0.6) is 0 Å². The Morgan fingerprint density at radius 2 is 1.72 bits per heavy atom. The number of ether oxygens (including phenoxy) is 1. The molecule has 200 valence electrons. The van der Waals surface area contributed by atoms with E-state index in [2.05, 4.69) is 20.3 Å². The van der Waals surface area contributed by atoms with Crippen molar-refractivity contribution < 1.29 is 30.3 Å². The maximum Gasteiger partial charge on any atom is 0.167 e. The molecule has 2 aliphatic rings. The number of imidazole rings is 1. The molecule has 0 unspecified atom stereocenters. The molecule has 7 rings (SSSR count). The quantitative estimate of drug-likeness (QED) is 0.189. The molecule has 2 aromatic heterocycles. The van der Waals surface area contributed by atoms with Crippen LogP contribution in [-0.2, 0) is 4.74 Å². The van der Waals surface area contributed by atoms with E-state index in [0.717, 1.165) is 21.5 Å². The first-order chi connectivity index (χ1) is 19.0. The van der Waals surface area contributed by atoms with Crippen molar-refractivity contribution in [3.63, 3.8) is 0 Å². The van der Waals surface area contributed by atoms with Crippen molar-refractivity contribution in [3.05, 3.63) is 72.3 Å². The average Bonchev–Trinajstić information content (AvgIpc) is 3.56. The average molecular weight is 530 g/mol. The zero-order valence-electron chi connectivity index (χ0n) is 20.7. The van der Waals surface area contributed by atoms with Crippen molar-refractivity contribution in [1.29, 1.82) is 0 Å². The smallest absolute Gasteiger partial charge is 0.167 e. The first-order valence-electron chi connectivity index (χ1n) is 12.8. The van der Waals surface area contributed by atoms with Crippen LogP contribution in [0.25, 0.3) is 32.7 Å². The van der Waals surface area contributed by atoms with Gasteiger partial charge in [0.05, 0.1) is 25.1 Å². The molecule has 3 aromatic carbocycles. The Balaban J connectivity index is 1.36. The fraction of sp³-hybridized carbons (Fsp3) is 0.321. The van der Waals surface area contributed by atoms with E-state index in [1.807, 2.05) is 42.5 Å². The van der Waals surface area contributed by atoms with Gasteiger partial charge in [-0.15, -0.1) is 0 Å². The molecule has 0 radical (unpaired) electrons. The summed E-state index contributed by atoms with van der Waals surface area (Å²) in [6, 6.07) is 14.8. The molecule has 0 spiro atoms. The molecule has 1 fully saturated rings. The zero-order valence-corrected chi connectivity index (χ0v) is 20.7. The molecule has 1 aliphatic heterocycles. The van der Waals surface area contributed by atoms with Crippen molar-refractivity contribution in [2.45, 2.75) is 49.2 Å². The van der Waals surface area contributed by atoms with Crippen LogP contribution in [0.2, 0.25) is 0 Å². The van der Waals surface area contributed by atoms with E-state index in [9.17, 15) is 25.5 Å². The maximum atomic E-state index is 11.3. The van der Waals surface area contributed by atoms with E-state index in [1.54, 1.807) is 10.6 Å². The van der Waals surface area contributed by atoms with Crippen LogP contribution in [-0.4, -0.2) is 76.1 Å². The van der Waals surface area contributed by atoms with Crippen LogP contribution in [0, 0.1) is 0 Å². The number of nitrogens with zero attached hydrogens (tertiary/aromatic N) is 4. The van der Waals surface area contributed by atoms with Crippen LogP contribution < -0.4 is 5.32 Å². The third-order valence-corrected chi connectivity index (χ3v) is 7.97. The van der Waals surface area contributed by atoms with Gasteiger partial charge in [-0.1, -0.05) is 48.5 Å². The lowest BCUT2D eigenvalue weighted by Crippen LogP contribution is -2.44. The molecule has 5 aromatic rings. The number of fused-ring (bicyclic) bond motifs is 6. The Morgan fingerprint density at radius 1 is 0.923 bits per heavy atom. The highest BCUT2D eigenvalue weighted by Crippen LogP contribution is 2.44. The van der Waals surface area contributed by atoms with E-state index in [0.29, 0.717) is 28.1 Å². The van der Waals surface area contributed by atoms with Gasteiger partial charge in [0.15, 0.2) is 17.0 Å². The summed E-state index contributed by atoms with van der Waals surface area (Å²) in [4.78, 5) is 13.3. The molecule has 1 aliphatic carbocycles. The van der Waals surface area contributed by atoms with Crippen LogP contribution in [0.4, 0.5) is 5.82 Å². The minimum Gasteiger partial charge on any atom is -0.394 e. The summed E-state index contributed by atoms with van der Waals surface area (Å²) in [5.74, 6) is 0.326. The van der Waals surface area contributed by atoms with Gasteiger partial charge in [0, 0.05) is 6.42 Å². The van der Waals surface area contributed by atoms with Crippen molar-refractivity contribution in [2.24, 2.45) is 0 Å². The SMILES string of the molecule is OC[C@H]1O[C@@H](n2cnc3c(N[C@@H]4c5c(ccc6ccc7ccccc7c56)[C@H](O)[C@@H](O)[C@@H]4O)ncnc32)C[C@@H]1O. The predicted molar refractivity (Wildman–Crippen MR) is 142 cm³/mol. The standard InChI is InChI=1S/C28H27N5O6/c34-10-18-17(35)9-19(39-18)33-12-31-23-27(29-11-30-28(23)33)32-22-21-16(24(36)26(38)25(22)37)8-7-14-6-5-13-3-1-2-4-15(13)20(14)21/h1-8,11-12,17-19,22,24-26,34-38H,9-10H2,(H,29,30,32)/t17-,18+,19+,22+,24-,25+,26+/m0/s1. The van der Waals surface area contributed by atoms with Gasteiger partial charge in [0.1, 0.15) is 37.0 Å². The summed E-state index contributed by atoms with van der Waals surface area (Å²) in [6.45, 7) is -0.304. The van der Waals surface area contributed by atoms with Gasteiger partial charge in [-0.25, -0.2) is 15.0 Å². The van der Waals surface area contributed by atoms with Gasteiger partial charge in [-0.2, -0.15) is 0 Å². The van der Waals surface area contributed by atoms with Crippen LogP contribution >= 0.6 is 0 Å². The molecule has 6 N–H and O–H groups in total. The number of aromatic nitrogens is 4. The van der Waals surface area contributed by atoms with Crippen LogP contribution in [0.3, 0.4) is 0 Å². The normalized spacial score (nSPS) is 28.8. The van der Waals surface area contributed by atoms with E-state index in [-0.39, 0.29) is 13.0 Å². The lowest BCUT2D eigenvalue weighted by molar-refractivity contribution is -0.0766. The van der Waals surface area contributed by atoms with Crippen molar-refractivity contribution >= 4 is 38.5 Å². The molecular formula is C28H27N5O6. The molecule has 11 heteroatoms. The van der Waals surface area contributed by atoms with E-state index >= 15 is 0 Å². The third kappa shape index (κ3) is 3.70. The number of rotatable bonds is 4. The highest BCUT2D eigenvalue weighted by atomic mass is 16.5. The van der Waals surface area contributed by atoms with Crippen molar-refractivity contribution in [2.75, 3.05) is 11.9 Å². The number of aliphatic hydroxyl groups is 5. The maximum absolute atomic E-state index is 11.3. The molecule has 1 saturated heterocycles. The van der Waals surface area contributed by atoms with Gasteiger partial charge in [-0.3, -0.25) is 4.57 Å². The number of aliphatic hydroxyl groups excluding tert-OH is 5. The second kappa shape index (κ2) is 9.19. The summed E-state index contributed by atoms with van der Waals surface area (Å²) >= 11 is 0. The second-order valence-corrected chi connectivity index (χ2v) is 10.2. The highest BCUT2D eigenvalue weighted by molar-refractivity contribution is 6.10. The highest BCUT2D eigenvalue weighted by Gasteiger charge is 2.42. The van der Waals surface area contributed by atoms with Gasteiger partial charge in [0.2, 0.25) is 0 Å². The van der Waals surface area contributed by atoms with E-state index in [4.69, 9.17) is 4.74 Å². The summed E-state index contributed by atoms with van der Waals surface area (Å²) in [5.41, 5.74) is 2.04. The summed E-state index contributed by atoms with van der Waals surface area (Å²) in [6.07, 6.45) is -2.99. The molecule has 0 saturated carbocycles. The van der Waals surface area contributed by atoms with Crippen molar-refractivity contribution in [3.8, 4) is 0 Å². The second-order valence-electron chi connectivity index (χ2n) is 10.2. The van der Waals surface area contributed by atoms with Crippen LogP contribution in [0.15, 0.2) is 61.2 Å². The monoisotopic (exact) mass is 529 g/mol. The van der Waals surface area contributed by atoms with Gasteiger partial charge in [0.25, 0.3) is 0 Å². The number of anilines is 1. The molecular weight excluding hydrogens is 502 g/mol. The Kier molecular flexibility index (Phi) is 5.74. The van der Waals surface area contributed by atoms with Gasteiger partial charge in [-0.05, 0) is 32.7 Å². The molecule has 0 bridgehead atoms. The summed E-state index contributed by atoms with van der Waals surface area (Å²) < 4.78 is 7.46. The summed E-state index contributed by atoms with van der Waals surface area (Å²) in [5, 5.41) is 59.8. The predicted octanol–water partition coefficient (Wildman–Crippen LogP) is 1.70. The van der Waals surface area contributed by atoms with Crippen molar-refractivity contribution in [1.82, 2.24) is 19.5 Å². The lowest BCUT2D eigenvalue weighted by atomic mass is 9.78. The Morgan fingerprint density at radius 3 is 2.54 bits per heavy atom. The Hall–Kier alpha value is -3.71. The molecule has 3 heterocycles. The van der Waals surface area contributed by atoms with E-state index in [1.165, 1.54) is 12.7 Å². The number of hydrogen-bond acceptors (Lipinski definition) is 10. The molecule has 39 heavy (non-hydrogen) atoms. The number of hydrogen-bond donors (Lipinski definition) is 6. The third-order valence-electron chi connectivity index (χ3n) is 7.97. The Bertz CT molecular complexity index is 1710. The zero-order chi connectivity index (χ0) is 26.8. The first kappa shape index (κ1) is 24.3. The fourth-order valence-electron chi connectivity index (χ4n) is 6.00. The fourth-order valence-corrected chi connectivity index (χ4v) is 6.00. The Labute approximate surface area is 222 Å². The van der Waals surface area contributed by atoms with Gasteiger partial charge >= 0.3 is 0 Å². The van der Waals surface area contributed by atoms with Crippen LogP contribution in [0.1, 0.15) is 35.9 Å². The number of nitrogens with one attached hydrogen (secondary N) is 1. The largest absolute Gasteiger partial charge is 0.394 e. The number of benzene rings is 3. The first-order valence-corrected chi connectivity index (χ1v) is 12.8. The molecule has 0 amide bonds. The van der Waals surface area contributed by atoms with E-state index < -0.39 is 42.8 Å². The van der Waals surface area contributed by atoms with Gasteiger partial charge < -0.3 is 35.6 Å². The lowest BCUT2D eigenvalue weighted by Gasteiger charge is -2.38. The topological polar surface area (TPSA) is 166 Å². The minimum atomic E-state index is -1.43. The molecule has 7 atom stereocenters.